The molecule has 0 heterocycles. The molecule has 0 aliphatic heterocycles. The normalized spacial score (nSPS) is 10.9. The lowest BCUT2D eigenvalue weighted by molar-refractivity contribution is 0.304. The molecule has 0 unspecified atom stereocenters. The van der Waals surface area contributed by atoms with Crippen LogP contribution in [0, 0.1) is 0 Å². The standard InChI is InChI=1S/C12H17NOS/c1-13(8-9-14)12-6-4-11(5-7-12)3-2-10-15/h2-7,14-15H,8-10H2,1H3. The molecule has 0 aliphatic rings. The Balaban J connectivity index is 2.67. The minimum atomic E-state index is 0.178. The minimum Gasteiger partial charge on any atom is -0.395 e. The van der Waals surface area contributed by atoms with E-state index in [9.17, 15) is 0 Å². The molecule has 0 amide bonds. The third-order valence-corrected chi connectivity index (χ3v) is 2.40. The van der Waals surface area contributed by atoms with Crippen molar-refractivity contribution in [2.45, 2.75) is 0 Å². The maximum absolute atomic E-state index is 8.81. The summed E-state index contributed by atoms with van der Waals surface area (Å²) >= 11 is 4.11. The molecule has 0 saturated carbocycles. The molecule has 0 saturated heterocycles. The van der Waals surface area contributed by atoms with Gasteiger partial charge in [0.05, 0.1) is 6.61 Å². The van der Waals surface area contributed by atoms with Crippen molar-refractivity contribution in [1.82, 2.24) is 0 Å². The number of nitrogens with zero attached hydrogens (tertiary/aromatic N) is 1. The number of thiol groups is 1. The van der Waals surface area contributed by atoms with E-state index >= 15 is 0 Å². The number of hydrogen-bond acceptors (Lipinski definition) is 3. The van der Waals surface area contributed by atoms with Crippen LogP contribution >= 0.6 is 12.6 Å². The average molecular weight is 223 g/mol. The van der Waals surface area contributed by atoms with E-state index in [1.807, 2.05) is 36.2 Å². The van der Waals surface area contributed by atoms with Gasteiger partial charge in [-0.3, -0.25) is 0 Å². The van der Waals surface area contributed by atoms with Gasteiger partial charge in [0.25, 0.3) is 0 Å². The Morgan fingerprint density at radius 2 is 2.00 bits per heavy atom. The first kappa shape index (κ1) is 12.1. The molecule has 0 aromatic heterocycles. The Kier molecular flexibility index (Phi) is 5.29. The largest absolute Gasteiger partial charge is 0.395 e. The molecule has 15 heavy (non-hydrogen) atoms. The molecule has 0 atom stereocenters. The van der Waals surface area contributed by atoms with Gasteiger partial charge in [-0.05, 0) is 17.7 Å². The SMILES string of the molecule is CN(CCO)c1ccc(C=CCS)cc1. The van der Waals surface area contributed by atoms with Crippen molar-refractivity contribution >= 4 is 24.4 Å². The third kappa shape index (κ3) is 3.98. The summed E-state index contributed by atoms with van der Waals surface area (Å²) in [6, 6.07) is 8.22. The first-order chi connectivity index (χ1) is 7.27. The molecule has 1 aromatic rings. The number of rotatable bonds is 5. The van der Waals surface area contributed by atoms with Gasteiger partial charge in [0, 0.05) is 25.0 Å². The predicted octanol–water partition coefficient (Wildman–Crippen LogP) is 2.06. The fraction of sp³-hybridized carbons (Fsp3) is 0.333. The lowest BCUT2D eigenvalue weighted by Crippen LogP contribution is -2.20. The second-order valence-corrected chi connectivity index (χ2v) is 3.69. The Hall–Kier alpha value is -0.930. The van der Waals surface area contributed by atoms with E-state index < -0.39 is 0 Å². The summed E-state index contributed by atoms with van der Waals surface area (Å²) in [6.45, 7) is 0.837. The van der Waals surface area contributed by atoms with Crippen LogP contribution in [0.3, 0.4) is 0 Å². The summed E-state index contributed by atoms with van der Waals surface area (Å²) in [4.78, 5) is 2.02. The van der Waals surface area contributed by atoms with Gasteiger partial charge in [0.2, 0.25) is 0 Å². The summed E-state index contributed by atoms with van der Waals surface area (Å²) < 4.78 is 0. The lowest BCUT2D eigenvalue weighted by atomic mass is 10.2. The zero-order valence-electron chi connectivity index (χ0n) is 8.93. The van der Waals surface area contributed by atoms with E-state index in [0.717, 1.165) is 11.4 Å². The Bertz CT molecular complexity index is 308. The second-order valence-electron chi connectivity index (χ2n) is 3.32. The number of anilines is 1. The second kappa shape index (κ2) is 6.53. The topological polar surface area (TPSA) is 23.5 Å². The van der Waals surface area contributed by atoms with Crippen LogP contribution in [0.15, 0.2) is 30.3 Å². The molecular formula is C12H17NOS. The zero-order chi connectivity index (χ0) is 11.1. The minimum absolute atomic E-state index is 0.178. The van der Waals surface area contributed by atoms with Gasteiger partial charge in [0.1, 0.15) is 0 Å². The van der Waals surface area contributed by atoms with Crippen LogP contribution in [0.5, 0.6) is 0 Å². The van der Waals surface area contributed by atoms with E-state index in [0.29, 0.717) is 6.54 Å². The molecule has 1 aromatic carbocycles. The molecule has 0 radical (unpaired) electrons. The maximum atomic E-state index is 8.81. The molecule has 82 valence electrons. The molecule has 1 rings (SSSR count). The van der Waals surface area contributed by atoms with Crippen molar-refractivity contribution in [2.24, 2.45) is 0 Å². The zero-order valence-corrected chi connectivity index (χ0v) is 9.82. The van der Waals surface area contributed by atoms with Crippen molar-refractivity contribution < 1.29 is 5.11 Å². The van der Waals surface area contributed by atoms with Crippen LogP contribution in [-0.2, 0) is 0 Å². The number of aliphatic hydroxyl groups excluding tert-OH is 1. The molecule has 2 nitrogen and oxygen atoms in total. The molecule has 0 fully saturated rings. The Morgan fingerprint density at radius 1 is 1.33 bits per heavy atom. The molecule has 1 N–H and O–H groups in total. The van der Waals surface area contributed by atoms with Gasteiger partial charge in [0.15, 0.2) is 0 Å². The Morgan fingerprint density at radius 3 is 2.53 bits per heavy atom. The van der Waals surface area contributed by atoms with Gasteiger partial charge >= 0.3 is 0 Å². The maximum Gasteiger partial charge on any atom is 0.0606 e. The van der Waals surface area contributed by atoms with Crippen molar-refractivity contribution in [3.63, 3.8) is 0 Å². The first-order valence-electron chi connectivity index (χ1n) is 4.97. The van der Waals surface area contributed by atoms with E-state index in [4.69, 9.17) is 5.11 Å². The molecular weight excluding hydrogens is 206 g/mol. The molecule has 0 spiro atoms. The highest BCUT2D eigenvalue weighted by Gasteiger charge is 1.98. The van der Waals surface area contributed by atoms with Gasteiger partial charge < -0.3 is 10.0 Å². The van der Waals surface area contributed by atoms with Crippen LogP contribution in [0.2, 0.25) is 0 Å². The molecule has 0 bridgehead atoms. The van der Waals surface area contributed by atoms with Gasteiger partial charge in [-0.15, -0.1) is 0 Å². The molecule has 0 aliphatic carbocycles. The third-order valence-electron chi connectivity index (χ3n) is 2.18. The number of benzene rings is 1. The van der Waals surface area contributed by atoms with E-state index in [-0.39, 0.29) is 6.61 Å². The van der Waals surface area contributed by atoms with Crippen molar-refractivity contribution in [3.8, 4) is 0 Å². The van der Waals surface area contributed by atoms with E-state index in [2.05, 4.69) is 24.8 Å². The van der Waals surface area contributed by atoms with Crippen LogP contribution in [0.25, 0.3) is 6.08 Å². The summed E-state index contributed by atoms with van der Waals surface area (Å²) in [6.07, 6.45) is 4.05. The lowest BCUT2D eigenvalue weighted by Gasteiger charge is -2.17. The number of likely N-dealkylation sites (N-methyl/N-ethyl adjacent to an activating group) is 1. The highest BCUT2D eigenvalue weighted by molar-refractivity contribution is 7.80. The monoisotopic (exact) mass is 223 g/mol. The summed E-state index contributed by atoms with van der Waals surface area (Å²) in [5.74, 6) is 0.756. The van der Waals surface area contributed by atoms with Crippen LogP contribution in [0.1, 0.15) is 5.56 Å². The fourth-order valence-corrected chi connectivity index (χ4v) is 1.41. The van der Waals surface area contributed by atoms with Gasteiger partial charge in [-0.2, -0.15) is 12.6 Å². The quantitative estimate of drug-likeness (QED) is 0.746. The summed E-state index contributed by atoms with van der Waals surface area (Å²) in [7, 11) is 1.97. The van der Waals surface area contributed by atoms with Crippen molar-refractivity contribution in [1.29, 1.82) is 0 Å². The highest BCUT2D eigenvalue weighted by Crippen LogP contribution is 2.14. The predicted molar refractivity (Wildman–Crippen MR) is 69.7 cm³/mol. The van der Waals surface area contributed by atoms with Gasteiger partial charge in [-0.25, -0.2) is 0 Å². The smallest absolute Gasteiger partial charge is 0.0606 e. The Labute approximate surface area is 96.6 Å². The van der Waals surface area contributed by atoms with Crippen LogP contribution < -0.4 is 4.90 Å². The first-order valence-corrected chi connectivity index (χ1v) is 5.60. The van der Waals surface area contributed by atoms with E-state index in [1.54, 1.807) is 0 Å². The summed E-state index contributed by atoms with van der Waals surface area (Å²) in [5, 5.41) is 8.81. The number of hydrogen-bond donors (Lipinski definition) is 2. The van der Waals surface area contributed by atoms with Crippen LogP contribution in [0.4, 0.5) is 5.69 Å². The number of aliphatic hydroxyl groups is 1. The van der Waals surface area contributed by atoms with Gasteiger partial charge in [-0.1, -0.05) is 24.3 Å². The average Bonchev–Trinajstić information content (AvgIpc) is 2.27. The van der Waals surface area contributed by atoms with E-state index in [1.165, 1.54) is 5.56 Å². The molecule has 3 heteroatoms. The van der Waals surface area contributed by atoms with Crippen molar-refractivity contribution in [2.75, 3.05) is 30.9 Å². The summed E-state index contributed by atoms with van der Waals surface area (Å²) in [5.41, 5.74) is 2.29. The van der Waals surface area contributed by atoms with Crippen LogP contribution in [-0.4, -0.2) is 31.1 Å². The fourth-order valence-electron chi connectivity index (χ4n) is 1.31. The van der Waals surface area contributed by atoms with Crippen molar-refractivity contribution in [3.05, 3.63) is 35.9 Å². The highest BCUT2D eigenvalue weighted by atomic mass is 32.1.